The molecule has 5 atom stereocenters. The minimum Gasteiger partial charge on any atom is -0.463 e. The van der Waals surface area contributed by atoms with Gasteiger partial charge in [-0.1, -0.05) is 0 Å². The van der Waals surface area contributed by atoms with Gasteiger partial charge in [0.2, 0.25) is 6.10 Å². The van der Waals surface area contributed by atoms with Crippen LogP contribution in [0, 0.1) is 0 Å². The van der Waals surface area contributed by atoms with E-state index >= 15 is 0 Å². The number of amides is 1. The SMILES string of the molecule is CCN(CC)C(=O)c1ccc[n+](C2OC(COC(C)=O)C(OC(C)=O)C(OC(C)=O)C2OC(C)=O)c1. The van der Waals surface area contributed by atoms with Crippen LogP contribution in [0.15, 0.2) is 24.5 Å². The van der Waals surface area contributed by atoms with Crippen LogP contribution in [0.4, 0.5) is 0 Å². The largest absolute Gasteiger partial charge is 0.463 e. The van der Waals surface area contributed by atoms with Gasteiger partial charge in [-0.05, 0) is 19.9 Å². The van der Waals surface area contributed by atoms with Gasteiger partial charge in [-0.15, -0.1) is 0 Å². The van der Waals surface area contributed by atoms with E-state index in [1.807, 2.05) is 13.8 Å². The lowest BCUT2D eigenvalue weighted by Gasteiger charge is -2.41. The van der Waals surface area contributed by atoms with Gasteiger partial charge in [0.1, 0.15) is 18.3 Å². The van der Waals surface area contributed by atoms with E-state index in [9.17, 15) is 24.0 Å². The zero-order valence-electron chi connectivity index (χ0n) is 21.3. The summed E-state index contributed by atoms with van der Waals surface area (Å²) in [7, 11) is 0. The zero-order chi connectivity index (χ0) is 27.0. The van der Waals surface area contributed by atoms with Crippen molar-refractivity contribution in [2.24, 2.45) is 0 Å². The van der Waals surface area contributed by atoms with Crippen LogP contribution >= 0.6 is 0 Å². The molecule has 1 aromatic rings. The van der Waals surface area contributed by atoms with Crippen molar-refractivity contribution in [2.75, 3.05) is 19.7 Å². The van der Waals surface area contributed by atoms with Crippen LogP contribution in [0.25, 0.3) is 0 Å². The summed E-state index contributed by atoms with van der Waals surface area (Å²) in [5.74, 6) is -2.98. The Hall–Kier alpha value is -3.54. The third-order valence-corrected chi connectivity index (χ3v) is 5.38. The first-order valence-electron chi connectivity index (χ1n) is 11.6. The summed E-state index contributed by atoms with van der Waals surface area (Å²) in [4.78, 5) is 61.9. The molecule has 0 aliphatic carbocycles. The summed E-state index contributed by atoms with van der Waals surface area (Å²) in [6, 6.07) is 3.24. The van der Waals surface area contributed by atoms with Gasteiger partial charge in [0.05, 0.1) is 0 Å². The maximum Gasteiger partial charge on any atom is 0.304 e. The average Bonchev–Trinajstić information content (AvgIpc) is 2.80. The van der Waals surface area contributed by atoms with Gasteiger partial charge < -0.3 is 28.6 Å². The second kappa shape index (κ2) is 13.0. The Kier molecular flexibility index (Phi) is 10.3. The van der Waals surface area contributed by atoms with E-state index in [1.165, 1.54) is 24.6 Å². The van der Waals surface area contributed by atoms with E-state index < -0.39 is 54.5 Å². The van der Waals surface area contributed by atoms with Gasteiger partial charge in [-0.25, -0.2) is 0 Å². The number of aromatic nitrogens is 1. The molecule has 2 heterocycles. The molecular weight excluding hydrogens is 476 g/mol. The molecule has 0 bridgehead atoms. The monoisotopic (exact) mass is 509 g/mol. The molecule has 2 rings (SSSR count). The normalized spacial score (nSPS) is 23.2. The summed E-state index contributed by atoms with van der Waals surface area (Å²) in [5.41, 5.74) is 0.342. The zero-order valence-corrected chi connectivity index (χ0v) is 21.3. The number of pyridine rings is 1. The summed E-state index contributed by atoms with van der Waals surface area (Å²) in [5, 5.41) is 0. The molecule has 12 nitrogen and oxygen atoms in total. The fraction of sp³-hybridized carbons (Fsp3) is 0.583. The van der Waals surface area contributed by atoms with E-state index in [0.29, 0.717) is 18.7 Å². The van der Waals surface area contributed by atoms with Crippen LogP contribution in [-0.4, -0.2) is 78.8 Å². The molecule has 0 aromatic carbocycles. The van der Waals surface area contributed by atoms with E-state index in [2.05, 4.69) is 0 Å². The van der Waals surface area contributed by atoms with Gasteiger partial charge >= 0.3 is 30.1 Å². The highest BCUT2D eigenvalue weighted by Crippen LogP contribution is 2.32. The molecule has 12 heteroatoms. The topological polar surface area (TPSA) is 139 Å². The van der Waals surface area contributed by atoms with Crippen LogP contribution in [0.3, 0.4) is 0 Å². The van der Waals surface area contributed by atoms with E-state index in [0.717, 1.165) is 13.8 Å². The Balaban J connectivity index is 2.59. The molecule has 0 N–H and O–H groups in total. The molecule has 1 aromatic heterocycles. The van der Waals surface area contributed by atoms with Gasteiger partial charge in [0.25, 0.3) is 5.91 Å². The van der Waals surface area contributed by atoms with Crippen molar-refractivity contribution in [1.29, 1.82) is 0 Å². The van der Waals surface area contributed by atoms with Crippen molar-refractivity contribution in [3.63, 3.8) is 0 Å². The van der Waals surface area contributed by atoms with Crippen molar-refractivity contribution >= 4 is 29.8 Å². The first-order chi connectivity index (χ1) is 17.0. The smallest absolute Gasteiger partial charge is 0.304 e. The molecule has 1 aliphatic heterocycles. The Morgan fingerprint density at radius 3 is 1.94 bits per heavy atom. The highest BCUT2D eigenvalue weighted by Gasteiger charge is 2.56. The minimum atomic E-state index is -1.30. The number of carbonyl (C=O) groups is 5. The molecule has 5 unspecified atom stereocenters. The van der Waals surface area contributed by atoms with Gasteiger partial charge in [-0.2, -0.15) is 4.57 Å². The Bertz CT molecular complexity index is 977. The van der Waals surface area contributed by atoms with E-state index in [4.69, 9.17) is 23.7 Å². The predicted octanol–water partition coefficient (Wildman–Crippen LogP) is 0.712. The summed E-state index contributed by atoms with van der Waals surface area (Å²) in [6.07, 6.45) is -2.95. The quantitative estimate of drug-likeness (QED) is 0.266. The van der Waals surface area contributed by atoms with Crippen LogP contribution in [0.2, 0.25) is 0 Å². The standard InChI is InChI=1S/C24H33N2O10/c1-7-25(8-2)23(31)18-10-9-11-26(12-18)24-22(35-17(6)30)21(34-16(5)29)20(33-15(4)28)19(36-24)13-32-14(3)27/h9-12,19-22,24H,7-8,13H2,1-6H3/q+1. The first-order valence-corrected chi connectivity index (χ1v) is 11.6. The number of ether oxygens (including phenoxy) is 5. The summed E-state index contributed by atoms with van der Waals surface area (Å²) >= 11 is 0. The van der Waals surface area contributed by atoms with Crippen LogP contribution < -0.4 is 4.57 Å². The lowest BCUT2D eigenvalue weighted by molar-refractivity contribution is -0.777. The number of esters is 4. The molecule has 1 saturated heterocycles. The molecule has 0 saturated carbocycles. The Morgan fingerprint density at radius 2 is 1.42 bits per heavy atom. The van der Waals surface area contributed by atoms with Crippen molar-refractivity contribution in [1.82, 2.24) is 4.90 Å². The molecular formula is C24H33N2O10+. The fourth-order valence-corrected chi connectivity index (χ4v) is 3.92. The number of nitrogens with zero attached hydrogens (tertiary/aromatic N) is 2. The lowest BCUT2D eigenvalue weighted by Crippen LogP contribution is -2.65. The van der Waals surface area contributed by atoms with Gasteiger partial charge in [0, 0.05) is 46.9 Å². The minimum absolute atomic E-state index is 0.222. The number of hydrogen-bond acceptors (Lipinski definition) is 10. The fourth-order valence-electron chi connectivity index (χ4n) is 3.92. The predicted molar refractivity (Wildman–Crippen MR) is 121 cm³/mol. The van der Waals surface area contributed by atoms with Crippen LogP contribution in [0.5, 0.6) is 0 Å². The number of rotatable bonds is 9. The highest BCUT2D eigenvalue weighted by molar-refractivity contribution is 5.93. The van der Waals surface area contributed by atoms with Crippen molar-refractivity contribution in [3.8, 4) is 0 Å². The van der Waals surface area contributed by atoms with Crippen molar-refractivity contribution in [2.45, 2.75) is 72.2 Å². The average molecular weight is 510 g/mol. The molecule has 1 fully saturated rings. The van der Waals surface area contributed by atoms with Crippen LogP contribution in [-0.2, 0) is 42.9 Å². The third-order valence-electron chi connectivity index (χ3n) is 5.38. The molecule has 1 amide bonds. The lowest BCUT2D eigenvalue weighted by atomic mass is 9.97. The second-order valence-electron chi connectivity index (χ2n) is 8.11. The number of hydrogen-bond donors (Lipinski definition) is 0. The molecule has 0 spiro atoms. The van der Waals surface area contributed by atoms with Crippen LogP contribution in [0.1, 0.15) is 58.1 Å². The second-order valence-corrected chi connectivity index (χ2v) is 8.11. The van der Waals surface area contributed by atoms with E-state index in [-0.39, 0.29) is 12.5 Å². The molecule has 0 radical (unpaired) electrons. The van der Waals surface area contributed by atoms with Gasteiger partial charge in [-0.3, -0.25) is 24.0 Å². The summed E-state index contributed by atoms with van der Waals surface area (Å²) < 4.78 is 29.0. The summed E-state index contributed by atoms with van der Waals surface area (Å²) in [6.45, 7) is 9.05. The molecule has 36 heavy (non-hydrogen) atoms. The van der Waals surface area contributed by atoms with Gasteiger partial charge in [0.15, 0.2) is 24.6 Å². The highest BCUT2D eigenvalue weighted by atomic mass is 16.7. The van der Waals surface area contributed by atoms with E-state index in [1.54, 1.807) is 23.2 Å². The molecule has 198 valence electrons. The first kappa shape index (κ1) is 28.7. The number of carbonyl (C=O) groups excluding carboxylic acids is 5. The van der Waals surface area contributed by atoms with Crippen molar-refractivity contribution in [3.05, 3.63) is 30.1 Å². The maximum atomic E-state index is 12.9. The Morgan fingerprint density at radius 1 is 0.861 bits per heavy atom. The third kappa shape index (κ3) is 7.48. The Labute approximate surface area is 209 Å². The van der Waals surface area contributed by atoms with Crippen molar-refractivity contribution < 1.29 is 52.2 Å². The molecule has 1 aliphatic rings. The maximum absolute atomic E-state index is 12.9.